The summed E-state index contributed by atoms with van der Waals surface area (Å²) in [5.41, 5.74) is 2.42. The zero-order valence-corrected chi connectivity index (χ0v) is 12.0. The van der Waals surface area contributed by atoms with Gasteiger partial charge >= 0.3 is 0 Å². The van der Waals surface area contributed by atoms with Crippen LogP contribution in [0, 0.1) is 0 Å². The van der Waals surface area contributed by atoms with Gasteiger partial charge in [0.1, 0.15) is 0 Å². The first-order valence-corrected chi connectivity index (χ1v) is 7.20. The second-order valence-electron chi connectivity index (χ2n) is 3.16. The number of hydrogen-bond acceptors (Lipinski definition) is 2. The zero-order valence-electron chi connectivity index (χ0n) is 8.84. The van der Waals surface area contributed by atoms with Crippen molar-refractivity contribution in [2.45, 2.75) is 0 Å². The molecule has 0 aromatic heterocycles. The molecule has 0 heterocycles. The maximum atomic E-state index is 3.48. The third-order valence-electron chi connectivity index (χ3n) is 2.23. The lowest BCUT2D eigenvalue weighted by atomic mass is 10.2. The molecule has 1 rings (SSSR count). The van der Waals surface area contributed by atoms with Crippen LogP contribution >= 0.6 is 31.9 Å². The van der Waals surface area contributed by atoms with Gasteiger partial charge in [0, 0.05) is 42.2 Å². The largest absolute Gasteiger partial charge is 0.388 e. The Labute approximate surface area is 108 Å². The first-order chi connectivity index (χ1) is 7.31. The van der Waals surface area contributed by atoms with E-state index in [0.29, 0.717) is 0 Å². The van der Waals surface area contributed by atoms with Crippen molar-refractivity contribution in [3.8, 4) is 0 Å². The molecule has 0 fully saturated rings. The van der Waals surface area contributed by atoms with Crippen LogP contribution in [-0.2, 0) is 0 Å². The van der Waals surface area contributed by atoms with E-state index in [4.69, 9.17) is 0 Å². The van der Waals surface area contributed by atoms with Gasteiger partial charge in [0.2, 0.25) is 0 Å². The minimum Gasteiger partial charge on any atom is -0.388 e. The topological polar surface area (TPSA) is 15.3 Å². The summed E-state index contributed by atoms with van der Waals surface area (Å²) in [5.74, 6) is 0. The van der Waals surface area contributed by atoms with Crippen molar-refractivity contribution in [3.63, 3.8) is 0 Å². The number of nitrogens with one attached hydrogen (secondary N) is 1. The van der Waals surface area contributed by atoms with Crippen LogP contribution in [-0.4, -0.2) is 30.8 Å². The highest BCUT2D eigenvalue weighted by molar-refractivity contribution is 9.09. The van der Waals surface area contributed by atoms with Crippen LogP contribution in [0.4, 0.5) is 11.4 Å². The molecule has 0 atom stereocenters. The third kappa shape index (κ3) is 4.03. The molecule has 0 unspecified atom stereocenters. The molecular formula is C11H16Br2N2. The lowest BCUT2D eigenvalue weighted by Gasteiger charge is -2.23. The highest BCUT2D eigenvalue weighted by Crippen LogP contribution is 2.17. The summed E-state index contributed by atoms with van der Waals surface area (Å²) in [4.78, 5) is 2.35. The average Bonchev–Trinajstić information content (AvgIpc) is 2.29. The van der Waals surface area contributed by atoms with Crippen molar-refractivity contribution < 1.29 is 0 Å². The van der Waals surface area contributed by atoms with Crippen LogP contribution in [0.5, 0.6) is 0 Å². The van der Waals surface area contributed by atoms with Crippen molar-refractivity contribution in [1.82, 2.24) is 0 Å². The van der Waals surface area contributed by atoms with Gasteiger partial charge < -0.3 is 10.2 Å². The van der Waals surface area contributed by atoms with Gasteiger partial charge in [-0.05, 0) is 24.3 Å². The number of nitrogens with zero attached hydrogens (tertiary/aromatic N) is 1. The number of rotatable bonds is 6. The summed E-state index contributed by atoms with van der Waals surface area (Å²) in [6, 6.07) is 8.50. The van der Waals surface area contributed by atoms with Crippen molar-refractivity contribution >= 4 is 43.2 Å². The van der Waals surface area contributed by atoms with Crippen molar-refractivity contribution in [2.24, 2.45) is 0 Å². The Balaban J connectivity index is 2.72. The third-order valence-corrected chi connectivity index (χ3v) is 2.94. The number of benzene rings is 1. The van der Waals surface area contributed by atoms with Crippen LogP contribution in [0.2, 0.25) is 0 Å². The fourth-order valence-corrected chi connectivity index (χ4v) is 2.27. The second-order valence-corrected chi connectivity index (χ2v) is 4.75. The quantitative estimate of drug-likeness (QED) is 0.802. The first-order valence-electron chi connectivity index (χ1n) is 4.96. The van der Waals surface area contributed by atoms with E-state index < -0.39 is 0 Å². The number of halogens is 2. The van der Waals surface area contributed by atoms with Crippen molar-refractivity contribution in [1.29, 1.82) is 0 Å². The number of anilines is 2. The first kappa shape index (κ1) is 12.8. The summed E-state index contributed by atoms with van der Waals surface area (Å²) in [6.07, 6.45) is 0. The van der Waals surface area contributed by atoms with Crippen LogP contribution < -0.4 is 10.2 Å². The predicted molar refractivity (Wildman–Crippen MR) is 75.8 cm³/mol. The lowest BCUT2D eigenvalue weighted by Crippen LogP contribution is -2.27. The molecule has 0 aliphatic heterocycles. The Hall–Kier alpha value is -0.220. The standard InChI is InChI=1S/C11H16Br2N2/c1-14-10-2-4-11(5-3-10)15(8-6-12)9-7-13/h2-5,14H,6-9H2,1H3. The molecule has 1 aromatic carbocycles. The van der Waals surface area contributed by atoms with E-state index in [2.05, 4.69) is 66.3 Å². The zero-order chi connectivity index (χ0) is 11.1. The van der Waals surface area contributed by atoms with E-state index in [-0.39, 0.29) is 0 Å². The van der Waals surface area contributed by atoms with Gasteiger partial charge in [-0.15, -0.1) is 0 Å². The number of alkyl halides is 2. The summed E-state index contributed by atoms with van der Waals surface area (Å²) in [5, 5.41) is 5.11. The molecule has 0 saturated heterocycles. The highest BCUT2D eigenvalue weighted by Gasteiger charge is 2.04. The molecule has 84 valence electrons. The lowest BCUT2D eigenvalue weighted by molar-refractivity contribution is 0.885. The van der Waals surface area contributed by atoms with Gasteiger partial charge in [0.25, 0.3) is 0 Å². The fourth-order valence-electron chi connectivity index (χ4n) is 1.41. The minimum absolute atomic E-state index is 0.994. The summed E-state index contributed by atoms with van der Waals surface area (Å²) >= 11 is 6.95. The molecule has 0 spiro atoms. The van der Waals surface area contributed by atoms with E-state index in [9.17, 15) is 0 Å². The van der Waals surface area contributed by atoms with Crippen molar-refractivity contribution in [2.75, 3.05) is 41.0 Å². The smallest absolute Gasteiger partial charge is 0.0368 e. The van der Waals surface area contributed by atoms with Crippen LogP contribution in [0.15, 0.2) is 24.3 Å². The Kier molecular flexibility index (Phi) is 6.10. The van der Waals surface area contributed by atoms with E-state index in [1.54, 1.807) is 0 Å². The monoisotopic (exact) mass is 334 g/mol. The SMILES string of the molecule is CNc1ccc(N(CCBr)CCBr)cc1. The molecule has 1 aromatic rings. The molecule has 0 amide bonds. The molecule has 2 nitrogen and oxygen atoms in total. The fraction of sp³-hybridized carbons (Fsp3) is 0.455. The molecule has 0 saturated carbocycles. The average molecular weight is 336 g/mol. The molecule has 1 N–H and O–H groups in total. The molecular weight excluding hydrogens is 320 g/mol. The van der Waals surface area contributed by atoms with Crippen LogP contribution in [0.3, 0.4) is 0 Å². The molecule has 0 aliphatic rings. The van der Waals surface area contributed by atoms with E-state index in [0.717, 1.165) is 29.4 Å². The molecule has 15 heavy (non-hydrogen) atoms. The minimum atomic E-state index is 0.994. The van der Waals surface area contributed by atoms with Gasteiger partial charge in [-0.25, -0.2) is 0 Å². The molecule has 0 radical (unpaired) electrons. The van der Waals surface area contributed by atoms with Crippen molar-refractivity contribution in [3.05, 3.63) is 24.3 Å². The second kappa shape index (κ2) is 7.12. The van der Waals surface area contributed by atoms with Crippen LogP contribution in [0.1, 0.15) is 0 Å². The van der Waals surface area contributed by atoms with E-state index >= 15 is 0 Å². The van der Waals surface area contributed by atoms with Gasteiger partial charge in [-0.2, -0.15) is 0 Å². The van der Waals surface area contributed by atoms with Gasteiger partial charge in [-0.3, -0.25) is 0 Å². The van der Waals surface area contributed by atoms with Gasteiger partial charge in [0.05, 0.1) is 0 Å². The highest BCUT2D eigenvalue weighted by atomic mass is 79.9. The molecule has 4 heteroatoms. The van der Waals surface area contributed by atoms with Crippen LogP contribution in [0.25, 0.3) is 0 Å². The Morgan fingerprint density at radius 3 is 2.00 bits per heavy atom. The predicted octanol–water partition coefficient (Wildman–Crippen LogP) is 3.32. The van der Waals surface area contributed by atoms with Gasteiger partial charge in [-0.1, -0.05) is 31.9 Å². The summed E-state index contributed by atoms with van der Waals surface area (Å²) in [6.45, 7) is 2.06. The van der Waals surface area contributed by atoms with E-state index in [1.807, 2.05) is 7.05 Å². The summed E-state index contributed by atoms with van der Waals surface area (Å²) in [7, 11) is 1.93. The normalized spacial score (nSPS) is 10.1. The Morgan fingerprint density at radius 2 is 1.60 bits per heavy atom. The van der Waals surface area contributed by atoms with E-state index in [1.165, 1.54) is 5.69 Å². The van der Waals surface area contributed by atoms with Gasteiger partial charge in [0.15, 0.2) is 0 Å². The molecule has 0 aliphatic carbocycles. The Bertz CT molecular complexity index is 268. The summed E-state index contributed by atoms with van der Waals surface area (Å²) < 4.78 is 0. The Morgan fingerprint density at radius 1 is 1.07 bits per heavy atom. The molecule has 0 bridgehead atoms. The number of hydrogen-bond donors (Lipinski definition) is 1. The maximum Gasteiger partial charge on any atom is 0.0368 e. The maximum absolute atomic E-state index is 3.48.